The fourth-order valence-electron chi connectivity index (χ4n) is 1.82. The van der Waals surface area contributed by atoms with E-state index in [1.807, 2.05) is 13.8 Å². The van der Waals surface area contributed by atoms with E-state index in [9.17, 15) is 13.5 Å². The minimum absolute atomic E-state index is 0.0449. The molecule has 0 aliphatic heterocycles. The summed E-state index contributed by atoms with van der Waals surface area (Å²) < 4.78 is 27.4. The molecular weight excluding hydrogens is 362 g/mol. The molecule has 0 bridgehead atoms. The number of nitrogens with one attached hydrogen (secondary N) is 1. The fraction of sp³-hybridized carbons (Fsp3) is 0.538. The topological polar surface area (TPSA) is 66.4 Å². The second-order valence-electron chi connectivity index (χ2n) is 4.63. The third kappa shape index (κ3) is 4.96. The summed E-state index contributed by atoms with van der Waals surface area (Å²) in [4.78, 5) is 1.66. The molecule has 7 heteroatoms. The van der Waals surface area contributed by atoms with Crippen LogP contribution in [0.25, 0.3) is 0 Å². The van der Waals surface area contributed by atoms with Crippen molar-refractivity contribution in [3.05, 3.63) is 28.6 Å². The molecule has 1 rings (SSSR count). The summed E-state index contributed by atoms with van der Waals surface area (Å²) in [6.07, 6.45) is 2.19. The molecule has 4 nitrogen and oxygen atoms in total. The Balaban J connectivity index is 2.90. The van der Waals surface area contributed by atoms with Crippen molar-refractivity contribution >= 4 is 37.3 Å². The van der Waals surface area contributed by atoms with Gasteiger partial charge in [0.1, 0.15) is 4.21 Å². The van der Waals surface area contributed by atoms with E-state index < -0.39 is 22.2 Å². The maximum atomic E-state index is 12.3. The third-order valence-electron chi connectivity index (χ3n) is 3.19. The van der Waals surface area contributed by atoms with E-state index in [-0.39, 0.29) is 10.1 Å². The van der Waals surface area contributed by atoms with Crippen LogP contribution in [-0.2, 0) is 10.0 Å². The zero-order valence-corrected chi connectivity index (χ0v) is 14.7. The molecule has 0 radical (unpaired) electrons. The van der Waals surface area contributed by atoms with Crippen LogP contribution in [0.2, 0.25) is 0 Å². The van der Waals surface area contributed by atoms with E-state index in [0.29, 0.717) is 6.42 Å². The number of sulfonamides is 1. The lowest BCUT2D eigenvalue weighted by molar-refractivity contribution is 0.114. The Labute approximate surface area is 133 Å². The number of hydrogen-bond donors (Lipinski definition) is 2. The van der Waals surface area contributed by atoms with Crippen molar-refractivity contribution in [1.29, 1.82) is 0 Å². The molecule has 2 N–H and O–H groups in total. The molecule has 20 heavy (non-hydrogen) atoms. The number of aliphatic hydroxyl groups excluding tert-OH is 1. The molecule has 1 heterocycles. The average Bonchev–Trinajstić information content (AvgIpc) is 2.96. The van der Waals surface area contributed by atoms with Crippen LogP contribution in [-0.4, -0.2) is 25.7 Å². The Hall–Kier alpha value is -0.210. The Bertz CT molecular complexity index is 514. The summed E-state index contributed by atoms with van der Waals surface area (Å²) in [6.45, 7) is 3.91. The van der Waals surface area contributed by atoms with Crippen molar-refractivity contribution in [1.82, 2.24) is 4.72 Å². The second-order valence-corrected chi connectivity index (χ2v) is 8.05. The van der Waals surface area contributed by atoms with Crippen molar-refractivity contribution in [3.63, 3.8) is 0 Å². The quantitative estimate of drug-likeness (QED) is 0.726. The maximum absolute atomic E-state index is 12.3. The minimum Gasteiger partial charge on any atom is -0.391 e. The van der Waals surface area contributed by atoms with Crippen LogP contribution in [0.15, 0.2) is 32.8 Å². The van der Waals surface area contributed by atoms with Crippen LogP contribution in [0.5, 0.6) is 0 Å². The number of rotatable bonds is 8. The molecule has 0 amide bonds. The molecule has 1 aromatic rings. The Morgan fingerprint density at radius 3 is 2.75 bits per heavy atom. The van der Waals surface area contributed by atoms with Gasteiger partial charge in [0, 0.05) is 0 Å². The fourth-order valence-corrected chi connectivity index (χ4v) is 4.42. The minimum atomic E-state index is -3.57. The second kappa shape index (κ2) is 8.29. The van der Waals surface area contributed by atoms with Gasteiger partial charge in [-0.25, -0.2) is 13.1 Å². The van der Waals surface area contributed by atoms with Gasteiger partial charge in [-0.2, -0.15) is 0 Å². The van der Waals surface area contributed by atoms with Gasteiger partial charge in [-0.1, -0.05) is 48.3 Å². The summed E-state index contributed by atoms with van der Waals surface area (Å²) in [6, 6.07) is 2.75. The average molecular weight is 382 g/mol. The highest BCUT2D eigenvalue weighted by atomic mass is 79.9. The normalized spacial score (nSPS) is 17.2. The van der Waals surface area contributed by atoms with Crippen LogP contribution < -0.4 is 4.72 Å². The number of hydrogen-bond acceptors (Lipinski definition) is 4. The van der Waals surface area contributed by atoms with E-state index in [1.165, 1.54) is 11.3 Å². The van der Waals surface area contributed by atoms with Crippen molar-refractivity contribution in [2.24, 2.45) is 5.92 Å². The molecule has 0 unspecified atom stereocenters. The first-order chi connectivity index (χ1) is 9.42. The third-order valence-corrected chi connectivity index (χ3v) is 6.42. The first kappa shape index (κ1) is 17.8. The Morgan fingerprint density at radius 1 is 1.55 bits per heavy atom. The first-order valence-electron chi connectivity index (χ1n) is 6.41. The van der Waals surface area contributed by atoms with Crippen LogP contribution in [0, 0.1) is 5.92 Å². The molecule has 0 aliphatic carbocycles. The molecule has 0 aliphatic rings. The van der Waals surface area contributed by atoms with Crippen LogP contribution in [0.4, 0.5) is 0 Å². The van der Waals surface area contributed by atoms with E-state index >= 15 is 0 Å². The summed E-state index contributed by atoms with van der Waals surface area (Å²) in [5.74, 6) is 0.0449. The predicted molar refractivity (Wildman–Crippen MR) is 86.6 cm³/mol. The predicted octanol–water partition coefficient (Wildman–Crippen LogP) is 3.10. The maximum Gasteiger partial charge on any atom is 0.250 e. The van der Waals surface area contributed by atoms with E-state index in [2.05, 4.69) is 20.7 Å². The van der Waals surface area contributed by atoms with E-state index in [4.69, 9.17) is 0 Å². The van der Waals surface area contributed by atoms with Crippen LogP contribution >= 0.6 is 27.3 Å². The van der Waals surface area contributed by atoms with E-state index in [0.717, 1.165) is 6.42 Å². The van der Waals surface area contributed by atoms with Crippen LogP contribution in [0.1, 0.15) is 26.7 Å². The lowest BCUT2D eigenvalue weighted by atomic mass is 9.94. The molecular formula is C13H20BrNO3S2. The standard InChI is InChI=1S/C13H20BrNO3S2/c1-3-10(2)13(11(16)6-4-8-14)15-20(17,18)12-7-5-9-19-12/h4-5,7-11,13,15-16H,3,6H2,1-2H3/b8-4+/t10-,11-,13-/m0/s1. The summed E-state index contributed by atoms with van der Waals surface area (Å²) >= 11 is 4.31. The Morgan fingerprint density at radius 2 is 2.25 bits per heavy atom. The zero-order valence-electron chi connectivity index (χ0n) is 11.5. The molecule has 3 atom stereocenters. The largest absolute Gasteiger partial charge is 0.391 e. The molecule has 1 aromatic heterocycles. The molecule has 0 saturated carbocycles. The highest BCUT2D eigenvalue weighted by Gasteiger charge is 2.29. The van der Waals surface area contributed by atoms with Gasteiger partial charge in [0.2, 0.25) is 10.0 Å². The monoisotopic (exact) mass is 381 g/mol. The lowest BCUT2D eigenvalue weighted by Gasteiger charge is -2.28. The first-order valence-corrected chi connectivity index (χ1v) is 9.69. The molecule has 0 aromatic carbocycles. The SMILES string of the molecule is CC[C@H](C)[C@H](NS(=O)(=O)c1cccs1)[C@@H](O)C/C=C/Br. The van der Waals surface area contributed by atoms with Gasteiger partial charge < -0.3 is 5.11 Å². The van der Waals surface area contributed by atoms with Crippen molar-refractivity contribution in [3.8, 4) is 0 Å². The summed E-state index contributed by atoms with van der Waals surface area (Å²) in [5.41, 5.74) is 0. The Kier molecular flexibility index (Phi) is 7.39. The van der Waals surface area contributed by atoms with Crippen molar-refractivity contribution in [2.45, 2.75) is 43.0 Å². The summed E-state index contributed by atoms with van der Waals surface area (Å²) in [7, 11) is -3.57. The van der Waals surface area contributed by atoms with Gasteiger partial charge in [0.05, 0.1) is 12.1 Å². The number of aliphatic hydroxyl groups is 1. The molecule has 0 spiro atoms. The van der Waals surface area contributed by atoms with Gasteiger partial charge in [0.15, 0.2) is 0 Å². The van der Waals surface area contributed by atoms with Gasteiger partial charge in [-0.15, -0.1) is 11.3 Å². The van der Waals surface area contributed by atoms with Gasteiger partial charge in [-0.05, 0) is 28.8 Å². The smallest absolute Gasteiger partial charge is 0.250 e. The number of halogens is 1. The highest BCUT2D eigenvalue weighted by Crippen LogP contribution is 2.20. The molecule has 0 fully saturated rings. The summed E-state index contributed by atoms with van der Waals surface area (Å²) in [5, 5.41) is 11.9. The van der Waals surface area contributed by atoms with Crippen LogP contribution in [0.3, 0.4) is 0 Å². The number of thiophene rings is 1. The molecule has 114 valence electrons. The van der Waals surface area contributed by atoms with E-state index in [1.54, 1.807) is 28.6 Å². The van der Waals surface area contributed by atoms with Crippen molar-refractivity contribution in [2.75, 3.05) is 0 Å². The van der Waals surface area contributed by atoms with Gasteiger partial charge >= 0.3 is 0 Å². The lowest BCUT2D eigenvalue weighted by Crippen LogP contribution is -2.47. The van der Waals surface area contributed by atoms with Gasteiger partial charge in [-0.3, -0.25) is 0 Å². The molecule has 0 saturated heterocycles. The van der Waals surface area contributed by atoms with Crippen molar-refractivity contribution < 1.29 is 13.5 Å². The van der Waals surface area contributed by atoms with Gasteiger partial charge in [0.25, 0.3) is 0 Å². The highest BCUT2D eigenvalue weighted by molar-refractivity contribution is 9.11. The zero-order chi connectivity index (χ0) is 15.2.